The zero-order valence-corrected chi connectivity index (χ0v) is 49.2. The van der Waals surface area contributed by atoms with Crippen LogP contribution >= 0.6 is 0 Å². The molecule has 0 aromatic carbocycles. The van der Waals surface area contributed by atoms with Gasteiger partial charge in [0, 0.05) is 57.9 Å². The molecule has 2 N–H and O–H groups in total. The van der Waals surface area contributed by atoms with Gasteiger partial charge >= 0.3 is 29.8 Å². The maximum Gasteiger partial charge on any atom is 0.328 e. The monoisotopic (exact) mass is 1080 g/mol. The molecule has 0 unspecified atom stereocenters. The van der Waals surface area contributed by atoms with Gasteiger partial charge in [0.05, 0.1) is 7.11 Å². The average Bonchev–Trinajstić information content (AvgIpc) is 3.94. The quantitative estimate of drug-likeness (QED) is 0.0708. The second-order valence-electron chi connectivity index (χ2n) is 27.6. The van der Waals surface area contributed by atoms with Gasteiger partial charge in [0.2, 0.25) is 11.8 Å². The molecule has 21 atom stereocenters. The number of rotatable bonds is 19. The Kier molecular flexibility index (Phi) is 18.6. The number of unbranched alkanes of at least 4 members (excludes halogenated alkanes) is 1. The summed E-state index contributed by atoms with van der Waals surface area (Å²) in [5, 5.41) is 6.11. The number of hydrogen-bond acceptors (Lipinski definition) is 12. The van der Waals surface area contributed by atoms with E-state index in [4.69, 9.17) is 23.7 Å². The van der Waals surface area contributed by atoms with Gasteiger partial charge in [-0.3, -0.25) is 28.8 Å². The number of carbonyl (C=O) groups excluding carboxylic acids is 7. The molecule has 8 fully saturated rings. The number of carbonyl (C=O) groups is 7. The summed E-state index contributed by atoms with van der Waals surface area (Å²) in [4.78, 5) is 89.2. The summed E-state index contributed by atoms with van der Waals surface area (Å²) in [5.41, 5.74) is -0.122. The lowest BCUT2D eigenvalue weighted by Crippen LogP contribution is -2.59. The molecule has 8 rings (SSSR count). The lowest BCUT2D eigenvalue weighted by Gasteiger charge is -2.62. The van der Waals surface area contributed by atoms with Gasteiger partial charge in [-0.15, -0.1) is 0 Å². The van der Waals surface area contributed by atoms with Crippen LogP contribution in [0, 0.1) is 92.7 Å². The number of methoxy groups -OCH3 is 1. The summed E-state index contributed by atoms with van der Waals surface area (Å²) < 4.78 is 29.3. The Bertz CT molecular complexity index is 2170. The van der Waals surface area contributed by atoms with Crippen molar-refractivity contribution in [1.82, 2.24) is 10.6 Å². The van der Waals surface area contributed by atoms with Crippen LogP contribution in [0.15, 0.2) is 0 Å². The fourth-order valence-electron chi connectivity index (χ4n) is 20.2. The molecule has 14 heteroatoms. The Balaban J connectivity index is 0.784. The number of ether oxygens (including phenoxy) is 5. The summed E-state index contributed by atoms with van der Waals surface area (Å²) in [6, 6.07) is -0.778. The van der Waals surface area contributed by atoms with Crippen LogP contribution in [0.25, 0.3) is 0 Å². The Labute approximate surface area is 461 Å². The maximum atomic E-state index is 13.6. The topological polar surface area (TPSA) is 190 Å². The molecular formula is C63H100N2O12. The third-order valence-corrected chi connectivity index (χ3v) is 23.9. The first-order valence-electron chi connectivity index (χ1n) is 30.8. The molecule has 434 valence electrons. The summed E-state index contributed by atoms with van der Waals surface area (Å²) >= 11 is 0. The van der Waals surface area contributed by atoms with Gasteiger partial charge in [0.25, 0.3) is 0 Å². The van der Waals surface area contributed by atoms with Crippen LogP contribution in [0.4, 0.5) is 0 Å². The molecule has 0 aromatic rings. The maximum absolute atomic E-state index is 13.6. The predicted octanol–water partition coefficient (Wildman–Crippen LogP) is 11.0. The van der Waals surface area contributed by atoms with E-state index >= 15 is 0 Å². The van der Waals surface area contributed by atoms with Crippen molar-refractivity contribution in [2.75, 3.05) is 13.7 Å². The highest BCUT2D eigenvalue weighted by Gasteiger charge is 2.67. The second-order valence-corrected chi connectivity index (χ2v) is 27.6. The third-order valence-electron chi connectivity index (χ3n) is 23.9. The summed E-state index contributed by atoms with van der Waals surface area (Å²) in [7, 11) is 1.34. The van der Waals surface area contributed by atoms with Crippen molar-refractivity contribution >= 4 is 41.7 Å². The fraction of sp³-hybridized carbons (Fsp3) is 0.889. The van der Waals surface area contributed by atoms with E-state index in [1.54, 1.807) is 6.92 Å². The van der Waals surface area contributed by atoms with Crippen LogP contribution in [0.2, 0.25) is 0 Å². The number of hydrogen-bond donors (Lipinski definition) is 2. The Morgan fingerprint density at radius 2 is 0.948 bits per heavy atom. The van der Waals surface area contributed by atoms with Crippen molar-refractivity contribution in [2.45, 2.75) is 247 Å². The number of esters is 5. The van der Waals surface area contributed by atoms with Crippen LogP contribution in [0.5, 0.6) is 0 Å². The van der Waals surface area contributed by atoms with Gasteiger partial charge in [-0.25, -0.2) is 4.79 Å². The zero-order chi connectivity index (χ0) is 55.8. The zero-order valence-electron chi connectivity index (χ0n) is 49.2. The van der Waals surface area contributed by atoms with Gasteiger partial charge in [-0.1, -0.05) is 41.5 Å². The van der Waals surface area contributed by atoms with Gasteiger partial charge in [-0.2, -0.15) is 0 Å². The van der Waals surface area contributed by atoms with Gasteiger partial charge in [0.1, 0.15) is 30.5 Å². The van der Waals surface area contributed by atoms with Crippen molar-refractivity contribution in [3.63, 3.8) is 0 Å². The molecule has 0 spiro atoms. The van der Waals surface area contributed by atoms with Crippen LogP contribution in [0.1, 0.15) is 217 Å². The van der Waals surface area contributed by atoms with E-state index in [0.29, 0.717) is 91.9 Å². The molecule has 14 nitrogen and oxygen atoms in total. The van der Waals surface area contributed by atoms with E-state index in [1.165, 1.54) is 27.9 Å². The minimum absolute atomic E-state index is 0.00376. The molecule has 0 aromatic heterocycles. The molecule has 77 heavy (non-hydrogen) atoms. The van der Waals surface area contributed by atoms with E-state index in [2.05, 4.69) is 52.2 Å². The Morgan fingerprint density at radius 3 is 1.38 bits per heavy atom. The van der Waals surface area contributed by atoms with Gasteiger partial charge < -0.3 is 34.3 Å². The van der Waals surface area contributed by atoms with Crippen molar-refractivity contribution in [3.05, 3.63) is 0 Å². The molecule has 0 bridgehead atoms. The molecule has 0 aliphatic heterocycles. The molecule has 2 amide bonds. The molecule has 0 radical (unpaired) electrons. The lowest BCUT2D eigenvalue weighted by molar-refractivity contribution is -0.198. The highest BCUT2D eigenvalue weighted by atomic mass is 16.6. The van der Waals surface area contributed by atoms with Crippen LogP contribution < -0.4 is 10.6 Å². The minimum atomic E-state index is -0.778. The van der Waals surface area contributed by atoms with Gasteiger partial charge in [0.15, 0.2) is 0 Å². The number of amides is 2. The van der Waals surface area contributed by atoms with Crippen molar-refractivity contribution in [1.29, 1.82) is 0 Å². The number of nitrogens with one attached hydrogen (secondary N) is 2. The van der Waals surface area contributed by atoms with Gasteiger partial charge in [-0.05, 0) is 217 Å². The molecule has 8 saturated carbocycles. The first-order valence-corrected chi connectivity index (χ1v) is 30.8. The minimum Gasteiger partial charge on any atom is -0.467 e. The molecule has 8 aliphatic carbocycles. The molecule has 0 heterocycles. The van der Waals surface area contributed by atoms with Crippen LogP contribution in [0.3, 0.4) is 0 Å². The largest absolute Gasteiger partial charge is 0.467 e. The smallest absolute Gasteiger partial charge is 0.328 e. The highest BCUT2D eigenvalue weighted by molar-refractivity contribution is 5.84. The Hall–Kier alpha value is -3.71. The van der Waals surface area contributed by atoms with E-state index in [9.17, 15) is 33.6 Å². The molecule has 0 saturated heterocycles. The van der Waals surface area contributed by atoms with E-state index in [0.717, 1.165) is 109 Å². The van der Waals surface area contributed by atoms with Crippen LogP contribution in [-0.2, 0) is 57.2 Å². The van der Waals surface area contributed by atoms with E-state index in [-0.39, 0.29) is 106 Å². The normalized spacial score (nSPS) is 40.9. The molecular weight excluding hydrogens is 977 g/mol. The van der Waals surface area contributed by atoms with Crippen molar-refractivity contribution in [2.24, 2.45) is 92.7 Å². The summed E-state index contributed by atoms with van der Waals surface area (Å²) in [6.45, 7) is 20.7. The van der Waals surface area contributed by atoms with Crippen molar-refractivity contribution in [3.8, 4) is 0 Å². The molecule has 8 aliphatic rings. The lowest BCUT2D eigenvalue weighted by atomic mass is 9.43. The van der Waals surface area contributed by atoms with E-state index < -0.39 is 12.0 Å². The second kappa shape index (κ2) is 24.2. The highest BCUT2D eigenvalue weighted by Crippen LogP contribution is 2.71. The Morgan fingerprint density at radius 1 is 0.506 bits per heavy atom. The van der Waals surface area contributed by atoms with Crippen LogP contribution in [-0.4, -0.2) is 85.8 Å². The summed E-state index contributed by atoms with van der Waals surface area (Å²) in [5.74, 6) is 3.47. The van der Waals surface area contributed by atoms with E-state index in [1.807, 2.05) is 0 Å². The first kappa shape index (κ1) is 59.4. The standard InChI is InChI=1S/C63H100N2O12/c1-36(48-21-23-50-46-19-17-42-32-44(74-38(3)66)27-29-60(42,7)52(46)34-55(62(48,50)9)76-40(5)68)15-25-57(70)64-31-13-12-14-54(59(72)73-11)65-58(71)26-16-37(2)49-22-24-51-47-20-18-43-33-45(75-39(4)67)28-30-61(43,8)53(47)35-56(63(49,51)10)77-41(6)69/h36-37,42-56H,12-35H2,1-11H3,(H,64,70)(H,65,71)/t36-,37+,42+,43+,44+,45+,46-,47-,48+,49+,50-,51-,52-,53-,54-,55-,56-,60-,61-,62+,63+/m0/s1. The summed E-state index contributed by atoms with van der Waals surface area (Å²) in [6.07, 6.45) is 19.6. The first-order chi connectivity index (χ1) is 36.4. The average molecular weight is 1080 g/mol. The third kappa shape index (κ3) is 12.0. The number of fused-ring (bicyclic) bond motifs is 10. The van der Waals surface area contributed by atoms with Crippen molar-refractivity contribution < 1.29 is 57.2 Å². The SMILES string of the molecule is COC(=O)[C@H](CCCCNC(=O)CC[C@H](C)[C@H]1CC[C@H]2[C@@H]3CC[C@@H]4C[C@H](OC(C)=O)CC[C@]4(C)[C@H]3C[C@H](OC(C)=O)[C@]12C)NC(=O)CC[C@@H](C)[C@H]1CC[C@H]2[C@@H]3CC[C@@H]4C[C@H](OC(C)=O)CC[C@]4(C)[C@H]3C[C@H](OC(C)=O)[C@]12C. The predicted molar refractivity (Wildman–Crippen MR) is 291 cm³/mol. The fourth-order valence-corrected chi connectivity index (χ4v) is 20.2.